The van der Waals surface area contributed by atoms with Gasteiger partial charge in [-0.05, 0) is 76.2 Å². The topological polar surface area (TPSA) is 86.5 Å². The van der Waals surface area contributed by atoms with Crippen LogP contribution >= 0.6 is 0 Å². The molecule has 7 heteroatoms. The van der Waals surface area contributed by atoms with Gasteiger partial charge in [0.25, 0.3) is 11.6 Å². The van der Waals surface area contributed by atoms with Crippen LogP contribution < -0.4 is 0 Å². The van der Waals surface area contributed by atoms with E-state index in [1.54, 1.807) is 19.2 Å². The molecule has 0 unspecified atom stereocenters. The van der Waals surface area contributed by atoms with Gasteiger partial charge in [-0.15, -0.1) is 5.10 Å². The van der Waals surface area contributed by atoms with Gasteiger partial charge in [-0.2, -0.15) is 4.98 Å². The van der Waals surface area contributed by atoms with E-state index >= 15 is 0 Å². The van der Waals surface area contributed by atoms with Crippen LogP contribution in [-0.2, 0) is 9.53 Å². The summed E-state index contributed by atoms with van der Waals surface area (Å²) in [6, 6.07) is 1.79. The summed E-state index contributed by atoms with van der Waals surface area (Å²) >= 11 is 0. The van der Waals surface area contributed by atoms with Gasteiger partial charge in [-0.25, -0.2) is 14.3 Å². The lowest BCUT2D eigenvalue weighted by Gasteiger charge is -2.56. The number of hydrogen-bond donors (Lipinski definition) is 0. The van der Waals surface area contributed by atoms with Crippen molar-refractivity contribution in [2.75, 3.05) is 0 Å². The first-order valence-corrected chi connectivity index (χ1v) is 9.87. The van der Waals surface area contributed by atoms with Crippen molar-refractivity contribution < 1.29 is 14.3 Å². The molecule has 7 nitrogen and oxygen atoms in total. The Morgan fingerprint density at radius 1 is 1.19 bits per heavy atom. The van der Waals surface area contributed by atoms with E-state index in [-0.39, 0.29) is 17.0 Å². The predicted octanol–water partition coefficient (Wildman–Crippen LogP) is 2.76. The summed E-state index contributed by atoms with van der Waals surface area (Å²) in [5.41, 5.74) is 0.545. The monoisotopic (exact) mass is 368 g/mol. The van der Waals surface area contributed by atoms with E-state index in [1.165, 1.54) is 23.8 Å². The number of aromatic nitrogens is 4. The van der Waals surface area contributed by atoms with Crippen LogP contribution in [0.5, 0.6) is 0 Å². The van der Waals surface area contributed by atoms with Gasteiger partial charge in [0.15, 0.2) is 11.9 Å². The molecule has 6 rings (SSSR count). The van der Waals surface area contributed by atoms with Crippen LogP contribution in [0.2, 0.25) is 0 Å². The van der Waals surface area contributed by atoms with E-state index in [9.17, 15) is 9.59 Å². The predicted molar refractivity (Wildman–Crippen MR) is 96.0 cm³/mol. The van der Waals surface area contributed by atoms with Crippen molar-refractivity contribution in [3.05, 3.63) is 23.8 Å². The number of ether oxygens (including phenoxy) is 1. The Balaban J connectivity index is 1.33. The number of fused-ring (bicyclic) bond motifs is 1. The van der Waals surface area contributed by atoms with E-state index in [2.05, 4.69) is 15.1 Å². The van der Waals surface area contributed by atoms with Crippen LogP contribution in [0, 0.1) is 30.1 Å². The summed E-state index contributed by atoms with van der Waals surface area (Å²) in [5, 5.41) is 4.17. The maximum absolute atomic E-state index is 13.3. The Morgan fingerprint density at radius 2 is 1.81 bits per heavy atom. The van der Waals surface area contributed by atoms with E-state index < -0.39 is 12.1 Å². The fourth-order valence-corrected chi connectivity index (χ4v) is 6.10. The van der Waals surface area contributed by atoms with E-state index in [1.807, 2.05) is 6.92 Å². The molecule has 0 aliphatic heterocycles. The number of aryl methyl sites for hydroxylation is 1. The molecule has 4 fully saturated rings. The molecule has 2 aromatic heterocycles. The minimum absolute atomic E-state index is 0.0537. The lowest BCUT2D eigenvalue weighted by Crippen LogP contribution is -2.52. The second kappa shape index (κ2) is 5.84. The number of esters is 1. The van der Waals surface area contributed by atoms with E-state index in [4.69, 9.17) is 4.74 Å². The molecule has 142 valence electrons. The van der Waals surface area contributed by atoms with Gasteiger partial charge in [-0.1, -0.05) is 0 Å². The Labute approximate surface area is 157 Å². The molecule has 0 saturated heterocycles. The summed E-state index contributed by atoms with van der Waals surface area (Å²) in [4.78, 5) is 34.0. The zero-order chi connectivity index (χ0) is 18.8. The number of carbonyl (C=O) groups is 2. The summed E-state index contributed by atoms with van der Waals surface area (Å²) in [7, 11) is 0. The third-order valence-electron chi connectivity index (χ3n) is 6.83. The maximum Gasteiger partial charge on any atom is 0.379 e. The zero-order valence-corrected chi connectivity index (χ0v) is 15.7. The Morgan fingerprint density at radius 3 is 2.41 bits per heavy atom. The van der Waals surface area contributed by atoms with Gasteiger partial charge >= 0.3 is 5.97 Å². The number of carbonyl (C=O) groups excluding carboxylic acids is 2. The molecule has 2 aromatic rings. The quantitative estimate of drug-likeness (QED) is 0.771. The summed E-state index contributed by atoms with van der Waals surface area (Å²) in [5.74, 6) is 1.76. The van der Waals surface area contributed by atoms with Crippen molar-refractivity contribution in [3.63, 3.8) is 0 Å². The average molecular weight is 368 g/mol. The van der Waals surface area contributed by atoms with Crippen molar-refractivity contribution in [1.29, 1.82) is 0 Å². The number of rotatable bonds is 4. The Hall–Kier alpha value is -2.31. The standard InChI is InChI=1S/C20H24N4O3/c1-11-3-4-21-19-22-17(23-24(11)19)18(26)27-12(2)16(25)20-8-13-5-14(9-20)7-15(6-13)10-20/h3-4,12-15H,5-10H2,1-2H3/t12-,13?,14?,15?,20?/m1/s1. The third-order valence-corrected chi connectivity index (χ3v) is 6.83. The maximum atomic E-state index is 13.3. The lowest BCUT2D eigenvalue weighted by molar-refractivity contribution is -0.152. The first kappa shape index (κ1) is 16.8. The van der Waals surface area contributed by atoms with Gasteiger partial charge in [0.2, 0.25) is 0 Å². The average Bonchev–Trinajstić information content (AvgIpc) is 3.06. The van der Waals surface area contributed by atoms with Gasteiger partial charge in [-0.3, -0.25) is 4.79 Å². The minimum Gasteiger partial charge on any atom is -0.449 e. The van der Waals surface area contributed by atoms with Crippen LogP contribution in [-0.4, -0.2) is 37.4 Å². The van der Waals surface area contributed by atoms with Crippen molar-refractivity contribution >= 4 is 17.5 Å². The lowest BCUT2D eigenvalue weighted by atomic mass is 9.48. The molecule has 1 atom stereocenters. The van der Waals surface area contributed by atoms with Gasteiger partial charge < -0.3 is 4.74 Å². The van der Waals surface area contributed by atoms with Crippen LogP contribution in [0.1, 0.15) is 61.8 Å². The van der Waals surface area contributed by atoms with Crippen LogP contribution in [0.15, 0.2) is 12.3 Å². The van der Waals surface area contributed by atoms with Gasteiger partial charge in [0, 0.05) is 17.3 Å². The summed E-state index contributed by atoms with van der Waals surface area (Å²) in [6.45, 7) is 3.55. The molecule has 0 radical (unpaired) electrons. The van der Waals surface area contributed by atoms with Crippen LogP contribution in [0.3, 0.4) is 0 Å². The van der Waals surface area contributed by atoms with E-state index in [0.717, 1.165) is 25.0 Å². The highest BCUT2D eigenvalue weighted by Crippen LogP contribution is 2.60. The molecule has 0 N–H and O–H groups in total. The van der Waals surface area contributed by atoms with Crippen LogP contribution in [0.4, 0.5) is 0 Å². The highest BCUT2D eigenvalue weighted by atomic mass is 16.5. The van der Waals surface area contributed by atoms with Gasteiger partial charge in [0.05, 0.1) is 0 Å². The number of ketones is 1. The van der Waals surface area contributed by atoms with Crippen molar-refractivity contribution in [2.24, 2.45) is 23.2 Å². The molecular formula is C20H24N4O3. The molecule has 0 spiro atoms. The molecule has 2 heterocycles. The largest absolute Gasteiger partial charge is 0.449 e. The molecule has 0 aromatic carbocycles. The first-order chi connectivity index (χ1) is 12.9. The van der Waals surface area contributed by atoms with Crippen molar-refractivity contribution in [2.45, 2.75) is 58.5 Å². The molecule has 4 aliphatic rings. The first-order valence-electron chi connectivity index (χ1n) is 9.87. The van der Waals surface area contributed by atoms with Crippen molar-refractivity contribution in [3.8, 4) is 0 Å². The SMILES string of the molecule is Cc1ccnc2nc(C(=O)O[C@H](C)C(=O)C34CC5CC(CC(C5)C3)C4)nn12. The second-order valence-corrected chi connectivity index (χ2v) is 8.84. The zero-order valence-electron chi connectivity index (χ0n) is 15.7. The molecule has 27 heavy (non-hydrogen) atoms. The number of hydrogen-bond acceptors (Lipinski definition) is 6. The highest BCUT2D eigenvalue weighted by Gasteiger charge is 2.55. The Bertz CT molecular complexity index is 899. The fraction of sp³-hybridized carbons (Fsp3) is 0.650. The van der Waals surface area contributed by atoms with E-state index in [0.29, 0.717) is 23.5 Å². The molecule has 0 amide bonds. The fourth-order valence-electron chi connectivity index (χ4n) is 6.10. The smallest absolute Gasteiger partial charge is 0.379 e. The third kappa shape index (κ3) is 2.66. The number of Topliss-reactive ketones (excluding diaryl/α,β-unsaturated/α-hetero) is 1. The summed E-state index contributed by atoms with van der Waals surface area (Å²) in [6.07, 6.45) is 7.58. The Kier molecular flexibility index (Phi) is 3.64. The highest BCUT2D eigenvalue weighted by molar-refractivity contribution is 5.93. The minimum atomic E-state index is -0.769. The molecule has 4 saturated carbocycles. The van der Waals surface area contributed by atoms with Crippen molar-refractivity contribution in [1.82, 2.24) is 19.6 Å². The second-order valence-electron chi connectivity index (χ2n) is 8.84. The van der Waals surface area contributed by atoms with Crippen LogP contribution in [0.25, 0.3) is 5.78 Å². The molecular weight excluding hydrogens is 344 g/mol. The molecule has 4 bridgehead atoms. The normalized spacial score (nSPS) is 32.6. The number of nitrogens with zero attached hydrogens (tertiary/aromatic N) is 4. The van der Waals surface area contributed by atoms with Gasteiger partial charge in [0.1, 0.15) is 0 Å². The molecule has 4 aliphatic carbocycles. The summed E-state index contributed by atoms with van der Waals surface area (Å²) < 4.78 is 7.00.